The molecular formula is C28H21BrN2OS. The SMILES string of the molecule is O=C(C(c1ccccc1)c1ccccc1)N(Cc1ccccc1)c1nc2ccc(Br)cc2s1. The summed E-state index contributed by atoms with van der Waals surface area (Å²) in [4.78, 5) is 21.0. The van der Waals surface area contributed by atoms with Gasteiger partial charge in [-0.1, -0.05) is 118 Å². The molecule has 0 spiro atoms. The van der Waals surface area contributed by atoms with Gasteiger partial charge in [0, 0.05) is 4.47 Å². The van der Waals surface area contributed by atoms with E-state index in [-0.39, 0.29) is 5.91 Å². The second kappa shape index (κ2) is 9.69. The first kappa shape index (κ1) is 21.6. The van der Waals surface area contributed by atoms with E-state index in [1.165, 1.54) is 11.3 Å². The summed E-state index contributed by atoms with van der Waals surface area (Å²) in [7, 11) is 0. The third-order valence-corrected chi connectivity index (χ3v) is 7.07. The van der Waals surface area contributed by atoms with Gasteiger partial charge in [-0.15, -0.1) is 0 Å². The topological polar surface area (TPSA) is 33.2 Å². The lowest BCUT2D eigenvalue weighted by Gasteiger charge is -2.26. The van der Waals surface area contributed by atoms with Crippen LogP contribution in [-0.4, -0.2) is 10.9 Å². The Labute approximate surface area is 205 Å². The molecule has 0 N–H and O–H groups in total. The minimum Gasteiger partial charge on any atom is -0.283 e. The molecule has 0 radical (unpaired) electrons. The molecule has 162 valence electrons. The molecule has 5 rings (SSSR count). The molecule has 0 aliphatic rings. The van der Waals surface area contributed by atoms with Gasteiger partial charge in [0.05, 0.1) is 22.7 Å². The van der Waals surface area contributed by atoms with Gasteiger partial charge >= 0.3 is 0 Å². The Bertz CT molecular complexity index is 1330. The summed E-state index contributed by atoms with van der Waals surface area (Å²) in [5, 5.41) is 0.703. The molecule has 1 amide bonds. The van der Waals surface area contributed by atoms with Crippen molar-refractivity contribution in [2.75, 3.05) is 4.90 Å². The minimum atomic E-state index is -0.421. The van der Waals surface area contributed by atoms with Crippen LogP contribution in [0.5, 0.6) is 0 Å². The molecule has 3 nitrogen and oxygen atoms in total. The number of carbonyl (C=O) groups is 1. The number of rotatable bonds is 6. The Balaban J connectivity index is 1.62. The van der Waals surface area contributed by atoms with Gasteiger partial charge in [-0.3, -0.25) is 9.69 Å². The summed E-state index contributed by atoms with van der Waals surface area (Å²) >= 11 is 5.08. The molecule has 0 saturated heterocycles. The number of nitrogens with zero attached hydrogens (tertiary/aromatic N) is 2. The van der Waals surface area contributed by atoms with Gasteiger partial charge in [0.2, 0.25) is 5.91 Å². The van der Waals surface area contributed by atoms with Crippen LogP contribution in [0, 0.1) is 0 Å². The van der Waals surface area contributed by atoms with E-state index < -0.39 is 5.92 Å². The fraction of sp³-hybridized carbons (Fsp3) is 0.0714. The van der Waals surface area contributed by atoms with Gasteiger partial charge in [0.25, 0.3) is 0 Å². The van der Waals surface area contributed by atoms with E-state index in [9.17, 15) is 4.79 Å². The van der Waals surface area contributed by atoms with Gasteiger partial charge in [-0.2, -0.15) is 0 Å². The smallest absolute Gasteiger partial charge is 0.241 e. The van der Waals surface area contributed by atoms with Crippen LogP contribution in [0.1, 0.15) is 22.6 Å². The Hall–Kier alpha value is -3.28. The fourth-order valence-electron chi connectivity index (χ4n) is 3.93. The van der Waals surface area contributed by atoms with Gasteiger partial charge in [-0.05, 0) is 34.9 Å². The molecule has 0 fully saturated rings. The summed E-state index contributed by atoms with van der Waals surface area (Å²) in [5.41, 5.74) is 3.89. The highest BCUT2D eigenvalue weighted by Gasteiger charge is 2.30. The number of fused-ring (bicyclic) bond motifs is 1. The molecule has 1 heterocycles. The maximum absolute atomic E-state index is 14.3. The zero-order valence-electron chi connectivity index (χ0n) is 17.8. The van der Waals surface area contributed by atoms with E-state index in [4.69, 9.17) is 4.98 Å². The molecule has 0 saturated carbocycles. The monoisotopic (exact) mass is 512 g/mol. The maximum Gasteiger partial charge on any atom is 0.241 e. The van der Waals surface area contributed by atoms with Crippen molar-refractivity contribution >= 4 is 48.5 Å². The Morgan fingerprint density at radius 3 is 2.00 bits per heavy atom. The van der Waals surface area contributed by atoms with E-state index in [2.05, 4.69) is 15.9 Å². The Kier molecular flexibility index (Phi) is 6.33. The van der Waals surface area contributed by atoms with Crippen LogP contribution >= 0.6 is 27.3 Å². The summed E-state index contributed by atoms with van der Waals surface area (Å²) in [6.07, 6.45) is 0. The zero-order valence-corrected chi connectivity index (χ0v) is 20.2. The number of amides is 1. The third-order valence-electron chi connectivity index (χ3n) is 5.53. The van der Waals surface area contributed by atoms with Crippen molar-refractivity contribution in [1.29, 1.82) is 0 Å². The number of aromatic nitrogens is 1. The fourth-order valence-corrected chi connectivity index (χ4v) is 5.45. The second-order valence-corrected chi connectivity index (χ2v) is 9.70. The highest BCUT2D eigenvalue weighted by molar-refractivity contribution is 9.10. The van der Waals surface area contributed by atoms with Crippen molar-refractivity contribution in [3.8, 4) is 0 Å². The van der Waals surface area contributed by atoms with Crippen LogP contribution in [0.2, 0.25) is 0 Å². The number of benzene rings is 4. The van der Waals surface area contributed by atoms with Gasteiger partial charge in [0.15, 0.2) is 5.13 Å². The standard InChI is InChI=1S/C28H21BrN2OS/c29-23-16-17-24-25(18-23)33-28(30-24)31(19-20-10-4-1-5-11-20)27(32)26(21-12-6-2-7-13-21)22-14-8-3-9-15-22/h1-18,26H,19H2. The molecule has 5 aromatic rings. The first-order valence-corrected chi connectivity index (χ1v) is 12.3. The number of thiazole rings is 1. The number of hydrogen-bond donors (Lipinski definition) is 0. The van der Waals surface area contributed by atoms with Crippen molar-refractivity contribution in [2.24, 2.45) is 0 Å². The normalized spacial score (nSPS) is 11.1. The summed E-state index contributed by atoms with van der Waals surface area (Å²) in [6, 6.07) is 36.0. The first-order valence-electron chi connectivity index (χ1n) is 10.7. The number of halogens is 1. The molecule has 0 unspecified atom stereocenters. The molecule has 1 aromatic heterocycles. The largest absolute Gasteiger partial charge is 0.283 e. The van der Waals surface area contributed by atoms with Crippen LogP contribution in [0.4, 0.5) is 5.13 Å². The van der Waals surface area contributed by atoms with Crippen LogP contribution in [0.3, 0.4) is 0 Å². The van der Waals surface area contributed by atoms with Gasteiger partial charge < -0.3 is 0 Å². The summed E-state index contributed by atoms with van der Waals surface area (Å²) < 4.78 is 2.04. The van der Waals surface area contributed by atoms with Crippen LogP contribution in [0.25, 0.3) is 10.2 Å². The second-order valence-electron chi connectivity index (χ2n) is 7.77. The lowest BCUT2D eigenvalue weighted by molar-refractivity contribution is -0.119. The van der Waals surface area contributed by atoms with E-state index in [0.29, 0.717) is 11.7 Å². The molecule has 0 aliphatic heterocycles. The predicted octanol–water partition coefficient (Wildman–Crippen LogP) is 7.42. The van der Waals surface area contributed by atoms with Crippen molar-refractivity contribution in [1.82, 2.24) is 4.98 Å². The zero-order chi connectivity index (χ0) is 22.6. The Morgan fingerprint density at radius 2 is 1.39 bits per heavy atom. The van der Waals surface area contributed by atoms with E-state index in [0.717, 1.165) is 31.4 Å². The van der Waals surface area contributed by atoms with Crippen LogP contribution in [-0.2, 0) is 11.3 Å². The van der Waals surface area contributed by atoms with Crippen LogP contribution in [0.15, 0.2) is 114 Å². The maximum atomic E-state index is 14.3. The Morgan fingerprint density at radius 1 is 0.818 bits per heavy atom. The third kappa shape index (κ3) is 4.75. The average molecular weight is 513 g/mol. The predicted molar refractivity (Wildman–Crippen MR) is 140 cm³/mol. The minimum absolute atomic E-state index is 0.00868. The molecule has 0 atom stereocenters. The van der Waals surface area contributed by atoms with Crippen LogP contribution < -0.4 is 4.90 Å². The molecular weight excluding hydrogens is 492 g/mol. The lowest BCUT2D eigenvalue weighted by Crippen LogP contribution is -2.35. The molecule has 5 heteroatoms. The quantitative estimate of drug-likeness (QED) is 0.237. The lowest BCUT2D eigenvalue weighted by atomic mass is 9.90. The molecule has 0 aliphatic carbocycles. The number of hydrogen-bond acceptors (Lipinski definition) is 3. The van der Waals surface area contributed by atoms with E-state index in [1.54, 1.807) is 0 Å². The van der Waals surface area contributed by atoms with Crippen molar-refractivity contribution in [3.63, 3.8) is 0 Å². The average Bonchev–Trinajstić information content (AvgIpc) is 3.27. The first-order chi connectivity index (χ1) is 16.2. The van der Waals surface area contributed by atoms with Crippen molar-refractivity contribution < 1.29 is 4.79 Å². The van der Waals surface area contributed by atoms with Gasteiger partial charge in [0.1, 0.15) is 0 Å². The molecule has 0 bridgehead atoms. The number of anilines is 1. The van der Waals surface area contributed by atoms with E-state index in [1.807, 2.05) is 114 Å². The van der Waals surface area contributed by atoms with Crippen molar-refractivity contribution in [3.05, 3.63) is 130 Å². The summed E-state index contributed by atoms with van der Waals surface area (Å²) in [6.45, 7) is 0.455. The molecule has 4 aromatic carbocycles. The summed E-state index contributed by atoms with van der Waals surface area (Å²) in [5.74, 6) is -0.413. The highest BCUT2D eigenvalue weighted by atomic mass is 79.9. The highest BCUT2D eigenvalue weighted by Crippen LogP contribution is 2.35. The van der Waals surface area contributed by atoms with E-state index >= 15 is 0 Å². The van der Waals surface area contributed by atoms with Gasteiger partial charge in [-0.25, -0.2) is 4.98 Å². The number of carbonyl (C=O) groups excluding carboxylic acids is 1. The molecule has 33 heavy (non-hydrogen) atoms. The van der Waals surface area contributed by atoms with Crippen molar-refractivity contribution in [2.45, 2.75) is 12.5 Å².